The molecule has 0 saturated carbocycles. The van der Waals surface area contributed by atoms with Crippen molar-refractivity contribution in [3.05, 3.63) is 35.4 Å². The lowest BCUT2D eigenvalue weighted by atomic mass is 10.1. The van der Waals surface area contributed by atoms with Gasteiger partial charge in [0.2, 0.25) is 10.0 Å². The normalized spacial score (nSPS) is 10.5. The van der Waals surface area contributed by atoms with Crippen molar-refractivity contribution >= 4 is 15.9 Å². The number of rotatable bonds is 5. The molecule has 108 valence electrons. The quantitative estimate of drug-likeness (QED) is 0.499. The monoisotopic (exact) mass is 296 g/mol. The van der Waals surface area contributed by atoms with E-state index in [1.165, 1.54) is 0 Å². The molecule has 7 heteroatoms. The third-order valence-corrected chi connectivity index (χ3v) is 3.19. The topological polar surface area (TPSA) is 109 Å². The van der Waals surface area contributed by atoms with Crippen molar-refractivity contribution in [1.29, 1.82) is 0 Å². The molecule has 0 saturated heterocycles. The largest absolute Gasteiger partial charge is 0.384 e. The SMILES string of the molecule is NS(=O)(=O)CCCNC(=O)c1cccc(C#CCO)c1. The Bertz CT molecular complexity index is 629. The van der Waals surface area contributed by atoms with E-state index in [9.17, 15) is 13.2 Å². The van der Waals surface area contributed by atoms with Gasteiger partial charge in [0.15, 0.2) is 0 Å². The minimum absolute atomic E-state index is 0.171. The van der Waals surface area contributed by atoms with Crippen LogP contribution in [0.4, 0.5) is 0 Å². The number of amides is 1. The van der Waals surface area contributed by atoms with E-state index < -0.39 is 10.0 Å². The Balaban J connectivity index is 2.55. The molecule has 6 nitrogen and oxygen atoms in total. The number of hydrogen-bond donors (Lipinski definition) is 3. The second-order valence-electron chi connectivity index (χ2n) is 4.02. The molecule has 1 aromatic rings. The average molecular weight is 296 g/mol. The number of hydrogen-bond acceptors (Lipinski definition) is 4. The molecule has 0 bridgehead atoms. The van der Waals surface area contributed by atoms with Crippen molar-refractivity contribution in [3.63, 3.8) is 0 Å². The standard InChI is InChI=1S/C13H16N2O4S/c14-20(18,19)9-3-7-15-13(17)12-6-1-4-11(10-12)5-2-8-16/h1,4,6,10,16H,3,7-9H2,(H,15,17)(H2,14,18,19). The van der Waals surface area contributed by atoms with Gasteiger partial charge in [0.25, 0.3) is 5.91 Å². The van der Waals surface area contributed by atoms with Gasteiger partial charge in [0, 0.05) is 17.7 Å². The Kier molecular flexibility index (Phi) is 6.18. The first-order valence-corrected chi connectivity index (χ1v) is 7.62. The molecular weight excluding hydrogens is 280 g/mol. The summed E-state index contributed by atoms with van der Waals surface area (Å²) in [5.74, 6) is 4.71. The Morgan fingerprint density at radius 3 is 2.80 bits per heavy atom. The van der Waals surface area contributed by atoms with E-state index in [4.69, 9.17) is 10.2 Å². The molecule has 1 amide bonds. The minimum atomic E-state index is -3.50. The fourth-order valence-corrected chi connectivity index (χ4v) is 2.00. The van der Waals surface area contributed by atoms with E-state index in [1.807, 2.05) is 0 Å². The molecule has 0 aliphatic heterocycles. The van der Waals surface area contributed by atoms with Gasteiger partial charge >= 0.3 is 0 Å². The molecule has 0 atom stereocenters. The van der Waals surface area contributed by atoms with Crippen LogP contribution in [0.3, 0.4) is 0 Å². The van der Waals surface area contributed by atoms with Gasteiger partial charge < -0.3 is 10.4 Å². The maximum absolute atomic E-state index is 11.8. The van der Waals surface area contributed by atoms with Crippen molar-refractivity contribution in [2.75, 3.05) is 18.9 Å². The Hall–Kier alpha value is -1.88. The first-order chi connectivity index (χ1) is 9.42. The molecule has 0 aromatic heterocycles. The molecular formula is C13H16N2O4S. The molecule has 0 spiro atoms. The van der Waals surface area contributed by atoms with Crippen molar-refractivity contribution in [2.45, 2.75) is 6.42 Å². The Labute approximate surface area is 118 Å². The molecule has 0 fully saturated rings. The molecule has 0 aliphatic rings. The van der Waals surface area contributed by atoms with Crippen molar-refractivity contribution < 1.29 is 18.3 Å². The highest BCUT2D eigenvalue weighted by Crippen LogP contribution is 2.04. The minimum Gasteiger partial charge on any atom is -0.384 e. The summed E-state index contributed by atoms with van der Waals surface area (Å²) in [4.78, 5) is 11.8. The number of carbonyl (C=O) groups excluding carboxylic acids is 1. The lowest BCUT2D eigenvalue weighted by molar-refractivity contribution is 0.0953. The fourth-order valence-electron chi connectivity index (χ4n) is 1.46. The summed E-state index contributed by atoms with van der Waals surface area (Å²) in [6.45, 7) is -0.0220. The van der Waals surface area contributed by atoms with E-state index >= 15 is 0 Å². The van der Waals surface area contributed by atoms with Crippen molar-refractivity contribution in [1.82, 2.24) is 5.32 Å². The van der Waals surface area contributed by atoms with Crippen LogP contribution < -0.4 is 10.5 Å². The lowest BCUT2D eigenvalue weighted by Crippen LogP contribution is -2.27. The van der Waals surface area contributed by atoms with E-state index in [0.717, 1.165) is 0 Å². The zero-order valence-corrected chi connectivity index (χ0v) is 11.6. The Morgan fingerprint density at radius 2 is 2.15 bits per heavy atom. The molecule has 4 N–H and O–H groups in total. The highest BCUT2D eigenvalue weighted by atomic mass is 32.2. The first-order valence-electron chi connectivity index (χ1n) is 5.91. The number of aliphatic hydroxyl groups is 1. The zero-order valence-electron chi connectivity index (χ0n) is 10.8. The van der Waals surface area contributed by atoms with Crippen molar-refractivity contribution in [2.24, 2.45) is 5.14 Å². The second-order valence-corrected chi connectivity index (χ2v) is 5.75. The van der Waals surface area contributed by atoms with Crippen LogP contribution in [0, 0.1) is 11.8 Å². The highest BCUT2D eigenvalue weighted by Gasteiger charge is 2.06. The van der Waals surface area contributed by atoms with Crippen molar-refractivity contribution in [3.8, 4) is 11.8 Å². The second kappa shape index (κ2) is 7.65. The zero-order chi connectivity index (χ0) is 15.0. The average Bonchev–Trinajstić information content (AvgIpc) is 2.40. The van der Waals surface area contributed by atoms with Gasteiger partial charge in [0.1, 0.15) is 6.61 Å². The number of nitrogens with two attached hydrogens (primary N) is 1. The number of sulfonamides is 1. The summed E-state index contributed by atoms with van der Waals surface area (Å²) >= 11 is 0. The third-order valence-electron chi connectivity index (χ3n) is 2.33. The number of benzene rings is 1. The molecule has 1 aromatic carbocycles. The number of primary sulfonamides is 1. The summed E-state index contributed by atoms with van der Waals surface area (Å²) in [6, 6.07) is 6.62. The van der Waals surface area contributed by atoms with E-state index in [2.05, 4.69) is 17.2 Å². The maximum atomic E-state index is 11.8. The molecule has 0 radical (unpaired) electrons. The van der Waals surface area contributed by atoms with Crippen LogP contribution in [-0.4, -0.2) is 38.3 Å². The Morgan fingerprint density at radius 1 is 1.40 bits per heavy atom. The van der Waals surface area contributed by atoms with Crippen LogP contribution in [0.2, 0.25) is 0 Å². The summed E-state index contributed by atoms with van der Waals surface area (Å²) in [6.07, 6.45) is 0.259. The van der Waals surface area contributed by atoms with E-state index in [1.54, 1.807) is 24.3 Å². The van der Waals surface area contributed by atoms with Gasteiger partial charge in [-0.25, -0.2) is 13.6 Å². The summed E-state index contributed by atoms with van der Waals surface area (Å²) in [7, 11) is -3.50. The summed E-state index contributed by atoms with van der Waals surface area (Å²) in [5.41, 5.74) is 1.04. The maximum Gasteiger partial charge on any atom is 0.251 e. The van der Waals surface area contributed by atoms with Crippen LogP contribution >= 0.6 is 0 Å². The van der Waals surface area contributed by atoms with Crippen LogP contribution in [0.25, 0.3) is 0 Å². The molecule has 0 heterocycles. The molecule has 20 heavy (non-hydrogen) atoms. The third kappa shape index (κ3) is 6.33. The summed E-state index contributed by atoms with van der Waals surface area (Å²) < 4.78 is 21.4. The predicted molar refractivity (Wildman–Crippen MR) is 75.3 cm³/mol. The van der Waals surface area contributed by atoms with Crippen LogP contribution in [-0.2, 0) is 10.0 Å². The van der Waals surface area contributed by atoms with Gasteiger partial charge in [-0.1, -0.05) is 17.9 Å². The number of carbonyl (C=O) groups is 1. The van der Waals surface area contributed by atoms with Gasteiger partial charge in [0.05, 0.1) is 5.75 Å². The smallest absolute Gasteiger partial charge is 0.251 e. The lowest BCUT2D eigenvalue weighted by Gasteiger charge is -2.05. The highest BCUT2D eigenvalue weighted by molar-refractivity contribution is 7.89. The predicted octanol–water partition coefficient (Wildman–Crippen LogP) is -0.561. The van der Waals surface area contributed by atoms with E-state index in [0.29, 0.717) is 11.1 Å². The van der Waals surface area contributed by atoms with Gasteiger partial charge in [-0.2, -0.15) is 0 Å². The molecule has 0 aliphatic carbocycles. The summed E-state index contributed by atoms with van der Waals surface area (Å²) in [5, 5.41) is 16.1. The van der Waals surface area contributed by atoms with Crippen LogP contribution in [0.5, 0.6) is 0 Å². The van der Waals surface area contributed by atoms with Crippen LogP contribution in [0.15, 0.2) is 24.3 Å². The van der Waals surface area contributed by atoms with E-state index in [-0.39, 0.29) is 31.2 Å². The molecule has 0 unspecified atom stereocenters. The fraction of sp³-hybridized carbons (Fsp3) is 0.308. The van der Waals surface area contributed by atoms with Gasteiger partial charge in [-0.15, -0.1) is 0 Å². The van der Waals surface area contributed by atoms with Gasteiger partial charge in [-0.05, 0) is 24.6 Å². The first kappa shape index (κ1) is 16.2. The molecule has 1 rings (SSSR count). The number of nitrogens with one attached hydrogen (secondary N) is 1. The van der Waals surface area contributed by atoms with Crippen LogP contribution in [0.1, 0.15) is 22.3 Å². The number of aliphatic hydroxyl groups excluding tert-OH is 1. The van der Waals surface area contributed by atoms with Gasteiger partial charge in [-0.3, -0.25) is 4.79 Å².